The van der Waals surface area contributed by atoms with Crippen molar-refractivity contribution in [1.29, 1.82) is 0 Å². The van der Waals surface area contributed by atoms with Gasteiger partial charge in [-0.25, -0.2) is 0 Å². The van der Waals surface area contributed by atoms with Crippen LogP contribution in [-0.4, -0.2) is 13.6 Å². The first-order chi connectivity index (χ1) is 8.16. The quantitative estimate of drug-likeness (QED) is 0.856. The van der Waals surface area contributed by atoms with Crippen LogP contribution in [0.1, 0.15) is 4.88 Å². The minimum atomic E-state index is 0.720. The number of likely N-dealkylation sites (N-methyl/N-ethyl adjacent to an activating group) is 1. The molecule has 0 saturated heterocycles. The lowest BCUT2D eigenvalue weighted by Crippen LogP contribution is -2.21. The molecule has 0 radical (unpaired) electrons. The largest absolute Gasteiger partial charge is 0.397 e. The van der Waals surface area contributed by atoms with E-state index in [2.05, 4.69) is 22.4 Å². The average molecular weight is 267 g/mol. The van der Waals surface area contributed by atoms with Gasteiger partial charge in [-0.15, -0.1) is 11.3 Å². The van der Waals surface area contributed by atoms with Gasteiger partial charge in [-0.1, -0.05) is 17.7 Å². The number of hydrogen-bond donors (Lipinski definition) is 1. The Morgan fingerprint density at radius 2 is 2.18 bits per heavy atom. The Hall–Kier alpha value is -1.19. The molecule has 90 valence electrons. The van der Waals surface area contributed by atoms with Gasteiger partial charge < -0.3 is 10.6 Å². The van der Waals surface area contributed by atoms with E-state index in [0.29, 0.717) is 0 Å². The number of rotatable bonds is 4. The summed E-state index contributed by atoms with van der Waals surface area (Å²) in [4.78, 5) is 3.53. The molecule has 17 heavy (non-hydrogen) atoms. The van der Waals surface area contributed by atoms with Crippen molar-refractivity contribution in [2.75, 3.05) is 24.2 Å². The third-order valence-corrected chi connectivity index (χ3v) is 3.85. The zero-order valence-electron chi connectivity index (χ0n) is 9.69. The molecule has 4 heteroatoms. The van der Waals surface area contributed by atoms with Gasteiger partial charge in [0.25, 0.3) is 0 Å². The maximum Gasteiger partial charge on any atom is 0.0612 e. The lowest BCUT2D eigenvalue weighted by Gasteiger charge is -2.21. The van der Waals surface area contributed by atoms with Crippen LogP contribution in [0.5, 0.6) is 0 Å². The highest BCUT2D eigenvalue weighted by Crippen LogP contribution is 2.26. The van der Waals surface area contributed by atoms with Crippen LogP contribution in [0.2, 0.25) is 5.02 Å². The summed E-state index contributed by atoms with van der Waals surface area (Å²) >= 11 is 7.76. The lowest BCUT2D eigenvalue weighted by molar-refractivity contribution is 0.889. The molecule has 1 aromatic heterocycles. The molecule has 0 aliphatic carbocycles. The standard InChI is InChI=1S/C13H15ClN2S/c1-16(7-6-11-3-2-8-17-11)13-9-10(14)4-5-12(13)15/h2-5,8-9H,6-7,15H2,1H3. The normalized spacial score (nSPS) is 10.5. The number of hydrogen-bond acceptors (Lipinski definition) is 3. The van der Waals surface area contributed by atoms with Crippen molar-refractivity contribution in [3.05, 3.63) is 45.6 Å². The topological polar surface area (TPSA) is 29.3 Å². The maximum absolute atomic E-state index is 5.98. The van der Waals surface area contributed by atoms with E-state index >= 15 is 0 Å². The Bertz CT molecular complexity index is 482. The molecule has 2 nitrogen and oxygen atoms in total. The zero-order chi connectivity index (χ0) is 12.3. The van der Waals surface area contributed by atoms with Gasteiger partial charge >= 0.3 is 0 Å². The number of nitrogen functional groups attached to an aromatic ring is 1. The third kappa shape index (κ3) is 3.14. The summed E-state index contributed by atoms with van der Waals surface area (Å²) in [6.45, 7) is 0.936. The fraction of sp³-hybridized carbons (Fsp3) is 0.231. The molecule has 2 rings (SSSR count). The second-order valence-corrected chi connectivity index (χ2v) is 5.42. The highest BCUT2D eigenvalue weighted by Gasteiger charge is 2.06. The minimum absolute atomic E-state index is 0.720. The van der Waals surface area contributed by atoms with E-state index in [0.717, 1.165) is 29.4 Å². The fourth-order valence-corrected chi connectivity index (χ4v) is 2.57. The Morgan fingerprint density at radius 3 is 2.88 bits per heavy atom. The highest BCUT2D eigenvalue weighted by atomic mass is 35.5. The van der Waals surface area contributed by atoms with Crippen LogP contribution in [0, 0.1) is 0 Å². The molecule has 0 atom stereocenters. The molecule has 0 amide bonds. The number of thiophene rings is 1. The highest BCUT2D eigenvalue weighted by molar-refractivity contribution is 7.09. The predicted molar refractivity (Wildman–Crippen MR) is 77.2 cm³/mol. The van der Waals surface area contributed by atoms with E-state index in [1.807, 2.05) is 25.2 Å². The molecule has 2 aromatic rings. The Balaban J connectivity index is 2.04. The predicted octanol–water partition coefficient (Wildman–Crippen LogP) is 3.66. The van der Waals surface area contributed by atoms with E-state index in [1.54, 1.807) is 11.3 Å². The zero-order valence-corrected chi connectivity index (χ0v) is 11.3. The molecule has 0 aliphatic heterocycles. The van der Waals surface area contributed by atoms with Crippen LogP contribution in [0.4, 0.5) is 11.4 Å². The van der Waals surface area contributed by atoms with Crippen molar-refractivity contribution in [3.63, 3.8) is 0 Å². The Morgan fingerprint density at radius 1 is 1.35 bits per heavy atom. The van der Waals surface area contributed by atoms with E-state index < -0.39 is 0 Å². The monoisotopic (exact) mass is 266 g/mol. The van der Waals surface area contributed by atoms with Gasteiger partial charge in [0.15, 0.2) is 0 Å². The van der Waals surface area contributed by atoms with Crippen molar-refractivity contribution < 1.29 is 0 Å². The van der Waals surface area contributed by atoms with E-state index in [9.17, 15) is 0 Å². The molecular weight excluding hydrogens is 252 g/mol. The fourth-order valence-electron chi connectivity index (χ4n) is 1.70. The van der Waals surface area contributed by atoms with Gasteiger partial charge in [-0.3, -0.25) is 0 Å². The molecule has 0 spiro atoms. The van der Waals surface area contributed by atoms with Crippen LogP contribution >= 0.6 is 22.9 Å². The average Bonchev–Trinajstić information content (AvgIpc) is 2.82. The number of halogens is 1. The number of benzene rings is 1. The SMILES string of the molecule is CN(CCc1cccs1)c1cc(Cl)ccc1N. The Labute approximate surface area is 111 Å². The minimum Gasteiger partial charge on any atom is -0.397 e. The lowest BCUT2D eigenvalue weighted by atomic mass is 10.2. The van der Waals surface area contributed by atoms with Crippen LogP contribution in [0.15, 0.2) is 35.7 Å². The second-order valence-electron chi connectivity index (χ2n) is 3.95. The van der Waals surface area contributed by atoms with Gasteiger partial charge in [0, 0.05) is 23.5 Å². The molecule has 2 N–H and O–H groups in total. The first-order valence-electron chi connectivity index (χ1n) is 5.45. The van der Waals surface area contributed by atoms with Crippen molar-refractivity contribution in [2.45, 2.75) is 6.42 Å². The Kier molecular flexibility index (Phi) is 3.92. The number of nitrogens with two attached hydrogens (primary N) is 1. The third-order valence-electron chi connectivity index (χ3n) is 2.68. The summed E-state index contributed by atoms with van der Waals surface area (Å²) in [5.74, 6) is 0. The molecule has 0 aliphatic rings. The summed E-state index contributed by atoms with van der Waals surface area (Å²) in [7, 11) is 2.04. The van der Waals surface area contributed by atoms with Crippen molar-refractivity contribution in [3.8, 4) is 0 Å². The second kappa shape index (κ2) is 5.43. The van der Waals surface area contributed by atoms with Gasteiger partial charge in [-0.05, 0) is 36.1 Å². The van der Waals surface area contributed by atoms with Crippen LogP contribution in [0.3, 0.4) is 0 Å². The molecule has 0 unspecified atom stereocenters. The summed E-state index contributed by atoms with van der Waals surface area (Å²) in [6.07, 6.45) is 1.03. The summed E-state index contributed by atoms with van der Waals surface area (Å²) < 4.78 is 0. The maximum atomic E-state index is 5.98. The molecule has 0 saturated carbocycles. The van der Waals surface area contributed by atoms with Crippen LogP contribution in [0.25, 0.3) is 0 Å². The van der Waals surface area contributed by atoms with E-state index in [-0.39, 0.29) is 0 Å². The van der Waals surface area contributed by atoms with Crippen molar-refractivity contribution in [1.82, 2.24) is 0 Å². The first kappa shape index (κ1) is 12.3. The van der Waals surface area contributed by atoms with Crippen molar-refractivity contribution >= 4 is 34.3 Å². The van der Waals surface area contributed by atoms with Gasteiger partial charge in [-0.2, -0.15) is 0 Å². The first-order valence-corrected chi connectivity index (χ1v) is 6.71. The van der Waals surface area contributed by atoms with E-state index in [4.69, 9.17) is 17.3 Å². The molecule has 1 heterocycles. The smallest absolute Gasteiger partial charge is 0.0612 e. The van der Waals surface area contributed by atoms with Gasteiger partial charge in [0.2, 0.25) is 0 Å². The molecule has 0 bridgehead atoms. The number of anilines is 2. The van der Waals surface area contributed by atoms with Crippen LogP contribution in [-0.2, 0) is 6.42 Å². The van der Waals surface area contributed by atoms with Crippen LogP contribution < -0.4 is 10.6 Å². The van der Waals surface area contributed by atoms with Gasteiger partial charge in [0.1, 0.15) is 0 Å². The molecule has 0 fully saturated rings. The summed E-state index contributed by atoms with van der Waals surface area (Å²) in [5, 5.41) is 2.82. The van der Waals surface area contributed by atoms with Gasteiger partial charge in [0.05, 0.1) is 11.4 Å². The molecule has 1 aromatic carbocycles. The number of nitrogens with zero attached hydrogens (tertiary/aromatic N) is 1. The molecular formula is C13H15ClN2S. The van der Waals surface area contributed by atoms with Crippen molar-refractivity contribution in [2.24, 2.45) is 0 Å². The summed E-state index contributed by atoms with van der Waals surface area (Å²) in [6, 6.07) is 9.80. The van der Waals surface area contributed by atoms with E-state index in [1.165, 1.54) is 4.88 Å². The summed E-state index contributed by atoms with van der Waals surface area (Å²) in [5.41, 5.74) is 7.70.